The highest BCUT2D eigenvalue weighted by Gasteiger charge is 2.18. The van der Waals surface area contributed by atoms with Gasteiger partial charge in [-0.2, -0.15) is 4.72 Å². The molecule has 0 spiro atoms. The topological polar surface area (TPSA) is 55.4 Å². The maximum Gasteiger partial charge on any atom is 0.242 e. The molecule has 0 heterocycles. The quantitative estimate of drug-likeness (QED) is 0.819. The average molecular weight is 384 g/mol. The normalized spacial score (nSPS) is 10.8. The SMILES string of the molecule is COc1ccc(C#CCNS(=O)(=O)c2cc(C)c(Cl)cc2Cl)cc1. The second kappa shape index (κ2) is 7.91. The largest absolute Gasteiger partial charge is 0.497 e. The molecule has 2 rings (SSSR count). The molecule has 2 aromatic carbocycles. The zero-order valence-corrected chi connectivity index (χ0v) is 15.4. The number of methoxy groups -OCH3 is 1. The fraction of sp³-hybridized carbons (Fsp3) is 0.176. The molecule has 0 aliphatic rings. The van der Waals surface area contributed by atoms with Crippen molar-refractivity contribution in [2.45, 2.75) is 11.8 Å². The summed E-state index contributed by atoms with van der Waals surface area (Å²) < 4.78 is 32.0. The molecular weight excluding hydrogens is 369 g/mol. The van der Waals surface area contributed by atoms with E-state index >= 15 is 0 Å². The van der Waals surface area contributed by atoms with Crippen LogP contribution in [0.1, 0.15) is 11.1 Å². The fourth-order valence-electron chi connectivity index (χ4n) is 1.87. The van der Waals surface area contributed by atoms with Crippen LogP contribution in [0.2, 0.25) is 10.0 Å². The minimum atomic E-state index is -3.76. The van der Waals surface area contributed by atoms with E-state index in [9.17, 15) is 8.42 Å². The molecule has 0 amide bonds. The summed E-state index contributed by atoms with van der Waals surface area (Å²) in [4.78, 5) is -0.0164. The van der Waals surface area contributed by atoms with E-state index in [0.717, 1.165) is 11.3 Å². The molecule has 0 atom stereocenters. The van der Waals surface area contributed by atoms with Gasteiger partial charge in [0.05, 0.1) is 18.7 Å². The van der Waals surface area contributed by atoms with Gasteiger partial charge in [-0.3, -0.25) is 0 Å². The summed E-state index contributed by atoms with van der Waals surface area (Å²) in [6.07, 6.45) is 0. The monoisotopic (exact) mass is 383 g/mol. The van der Waals surface area contributed by atoms with Crippen LogP contribution in [0.3, 0.4) is 0 Å². The molecule has 0 radical (unpaired) electrons. The van der Waals surface area contributed by atoms with Crippen molar-refractivity contribution in [2.75, 3.05) is 13.7 Å². The van der Waals surface area contributed by atoms with Crippen molar-refractivity contribution in [1.82, 2.24) is 4.72 Å². The lowest BCUT2D eigenvalue weighted by Gasteiger charge is -2.08. The van der Waals surface area contributed by atoms with Crippen molar-refractivity contribution in [3.05, 3.63) is 57.6 Å². The van der Waals surface area contributed by atoms with Crippen molar-refractivity contribution in [3.63, 3.8) is 0 Å². The van der Waals surface area contributed by atoms with E-state index in [0.29, 0.717) is 10.6 Å². The fourth-order valence-corrected chi connectivity index (χ4v) is 3.62. The summed E-state index contributed by atoms with van der Waals surface area (Å²) in [5.74, 6) is 6.36. The summed E-state index contributed by atoms with van der Waals surface area (Å²) in [5.41, 5.74) is 1.39. The molecule has 0 aliphatic heterocycles. The molecule has 0 fully saturated rings. The first kappa shape index (κ1) is 18.6. The molecular formula is C17H15Cl2NO3S. The standard InChI is InChI=1S/C17H15Cl2NO3S/c1-12-10-17(16(19)11-15(12)18)24(21,22)20-9-3-4-13-5-7-14(23-2)8-6-13/h5-8,10-11,20H,9H2,1-2H3. The molecule has 0 saturated carbocycles. The predicted molar refractivity (Wildman–Crippen MR) is 96.3 cm³/mol. The van der Waals surface area contributed by atoms with Crippen molar-refractivity contribution < 1.29 is 13.2 Å². The Morgan fingerprint density at radius 2 is 1.79 bits per heavy atom. The van der Waals surface area contributed by atoms with E-state index in [2.05, 4.69) is 16.6 Å². The molecule has 0 saturated heterocycles. The lowest BCUT2D eigenvalue weighted by atomic mass is 10.2. The second-order valence-electron chi connectivity index (χ2n) is 4.89. The molecule has 2 aromatic rings. The molecule has 0 unspecified atom stereocenters. The zero-order valence-electron chi connectivity index (χ0n) is 13.1. The number of benzene rings is 2. The highest BCUT2D eigenvalue weighted by Crippen LogP contribution is 2.27. The van der Waals surface area contributed by atoms with E-state index < -0.39 is 10.0 Å². The van der Waals surface area contributed by atoms with Crippen molar-refractivity contribution >= 4 is 33.2 Å². The van der Waals surface area contributed by atoms with Crippen LogP contribution in [0.15, 0.2) is 41.3 Å². The van der Waals surface area contributed by atoms with Crippen LogP contribution >= 0.6 is 23.2 Å². The third-order valence-corrected chi connectivity index (χ3v) is 5.45. The third-order valence-electron chi connectivity index (χ3n) is 3.18. The average Bonchev–Trinajstić information content (AvgIpc) is 2.55. The van der Waals surface area contributed by atoms with Crippen molar-refractivity contribution in [2.24, 2.45) is 0 Å². The first-order chi connectivity index (χ1) is 11.3. The number of halogens is 2. The van der Waals surface area contributed by atoms with Crippen LogP contribution < -0.4 is 9.46 Å². The van der Waals surface area contributed by atoms with Crippen LogP contribution in [-0.4, -0.2) is 22.1 Å². The Balaban J connectivity index is 2.08. The van der Waals surface area contributed by atoms with E-state index in [1.165, 1.54) is 12.1 Å². The van der Waals surface area contributed by atoms with Gasteiger partial charge in [0, 0.05) is 10.6 Å². The Labute approximate surface area is 151 Å². The Morgan fingerprint density at radius 1 is 1.12 bits per heavy atom. The van der Waals surface area contributed by atoms with Crippen LogP contribution in [0.25, 0.3) is 0 Å². The van der Waals surface area contributed by atoms with E-state index in [-0.39, 0.29) is 16.5 Å². The van der Waals surface area contributed by atoms with Crippen LogP contribution in [0.5, 0.6) is 5.75 Å². The van der Waals surface area contributed by atoms with Crippen LogP contribution in [-0.2, 0) is 10.0 Å². The van der Waals surface area contributed by atoms with Gasteiger partial charge >= 0.3 is 0 Å². The minimum absolute atomic E-state index is 0.0164. The third kappa shape index (κ3) is 4.65. The van der Waals surface area contributed by atoms with E-state index in [4.69, 9.17) is 27.9 Å². The summed E-state index contributed by atoms with van der Waals surface area (Å²) >= 11 is 11.9. The van der Waals surface area contributed by atoms with Gasteiger partial charge in [-0.25, -0.2) is 8.42 Å². The number of aryl methyl sites for hydroxylation is 1. The Hall–Kier alpha value is -1.71. The number of hydrogen-bond acceptors (Lipinski definition) is 3. The first-order valence-corrected chi connectivity index (χ1v) is 9.15. The van der Waals surface area contributed by atoms with Gasteiger partial charge < -0.3 is 4.74 Å². The predicted octanol–water partition coefficient (Wildman–Crippen LogP) is 3.64. The molecule has 0 aliphatic carbocycles. The number of rotatable bonds is 4. The number of hydrogen-bond donors (Lipinski definition) is 1. The Kier molecular flexibility index (Phi) is 6.14. The molecule has 1 N–H and O–H groups in total. The number of ether oxygens (including phenoxy) is 1. The molecule has 4 nitrogen and oxygen atoms in total. The highest BCUT2D eigenvalue weighted by atomic mass is 35.5. The van der Waals surface area contributed by atoms with Crippen molar-refractivity contribution in [3.8, 4) is 17.6 Å². The van der Waals surface area contributed by atoms with Gasteiger partial charge in [-0.05, 0) is 48.9 Å². The van der Waals surface area contributed by atoms with Gasteiger partial charge in [0.2, 0.25) is 10.0 Å². The molecule has 126 valence electrons. The zero-order chi connectivity index (χ0) is 17.7. The number of nitrogens with one attached hydrogen (secondary N) is 1. The summed E-state index contributed by atoms with van der Waals surface area (Å²) in [5, 5.41) is 0.486. The van der Waals surface area contributed by atoms with Gasteiger partial charge in [-0.1, -0.05) is 35.0 Å². The molecule has 0 aromatic heterocycles. The Bertz CT molecular complexity index is 898. The van der Waals surface area contributed by atoms with Gasteiger partial charge in [-0.15, -0.1) is 0 Å². The van der Waals surface area contributed by atoms with Crippen molar-refractivity contribution in [1.29, 1.82) is 0 Å². The minimum Gasteiger partial charge on any atom is -0.497 e. The van der Waals surface area contributed by atoms with Crippen LogP contribution in [0, 0.1) is 18.8 Å². The summed E-state index contributed by atoms with van der Waals surface area (Å²) in [6.45, 7) is 1.67. The lowest BCUT2D eigenvalue weighted by Crippen LogP contribution is -2.24. The smallest absolute Gasteiger partial charge is 0.242 e. The van der Waals surface area contributed by atoms with Gasteiger partial charge in [0.1, 0.15) is 10.6 Å². The summed E-state index contributed by atoms with van der Waals surface area (Å²) in [6, 6.07) is 9.99. The maximum atomic E-state index is 12.3. The highest BCUT2D eigenvalue weighted by molar-refractivity contribution is 7.89. The van der Waals surface area contributed by atoms with E-state index in [1.54, 1.807) is 38.3 Å². The molecule has 7 heteroatoms. The van der Waals surface area contributed by atoms with Gasteiger partial charge in [0.15, 0.2) is 0 Å². The Morgan fingerprint density at radius 3 is 2.42 bits per heavy atom. The lowest BCUT2D eigenvalue weighted by molar-refractivity contribution is 0.415. The molecule has 24 heavy (non-hydrogen) atoms. The van der Waals surface area contributed by atoms with Gasteiger partial charge in [0.25, 0.3) is 0 Å². The first-order valence-electron chi connectivity index (χ1n) is 6.92. The number of sulfonamides is 1. The molecule has 0 bridgehead atoms. The van der Waals surface area contributed by atoms with Crippen LogP contribution in [0.4, 0.5) is 0 Å². The second-order valence-corrected chi connectivity index (χ2v) is 7.44. The summed E-state index contributed by atoms with van der Waals surface area (Å²) in [7, 11) is -2.18. The maximum absolute atomic E-state index is 12.3. The van der Waals surface area contributed by atoms with E-state index in [1.807, 2.05) is 0 Å².